The summed E-state index contributed by atoms with van der Waals surface area (Å²) in [7, 11) is -2.86. The van der Waals surface area contributed by atoms with Gasteiger partial charge in [0.1, 0.15) is 5.75 Å². The first-order valence-corrected chi connectivity index (χ1v) is 8.55. The molecule has 108 valence electrons. The predicted octanol–water partition coefficient (Wildman–Crippen LogP) is 1.87. The minimum Gasteiger partial charge on any atom is -0.494 e. The summed E-state index contributed by atoms with van der Waals surface area (Å²) in [5.41, 5.74) is 0. The quantitative estimate of drug-likeness (QED) is 0.667. The molecule has 1 N–H and O–H groups in total. The Morgan fingerprint density at radius 3 is 2.53 bits per heavy atom. The Hall–Kier alpha value is -1.07. The second-order valence-corrected chi connectivity index (χ2v) is 6.72. The van der Waals surface area contributed by atoms with Crippen LogP contribution in [0.1, 0.15) is 19.8 Å². The Balaban J connectivity index is 2.00. The number of hydrogen-bond acceptors (Lipinski definition) is 4. The second kappa shape index (κ2) is 8.93. The molecule has 1 aromatic carbocycles. The van der Waals surface area contributed by atoms with Gasteiger partial charge < -0.3 is 10.1 Å². The highest BCUT2D eigenvalue weighted by Gasteiger charge is 2.07. The minimum absolute atomic E-state index is 0.223. The van der Waals surface area contributed by atoms with Gasteiger partial charge in [-0.25, -0.2) is 8.42 Å². The fraction of sp³-hybridized carbons (Fsp3) is 0.571. The van der Waals surface area contributed by atoms with E-state index < -0.39 is 9.84 Å². The van der Waals surface area contributed by atoms with Crippen molar-refractivity contribution in [2.24, 2.45) is 0 Å². The van der Waals surface area contributed by atoms with Gasteiger partial charge >= 0.3 is 0 Å². The molecule has 0 aromatic heterocycles. The lowest BCUT2D eigenvalue weighted by Crippen LogP contribution is -2.26. The molecule has 5 heteroatoms. The van der Waals surface area contributed by atoms with Crippen LogP contribution in [0.5, 0.6) is 5.75 Å². The third-order valence-corrected chi connectivity index (χ3v) is 4.47. The van der Waals surface area contributed by atoms with E-state index in [0.717, 1.165) is 18.7 Å². The molecule has 0 aliphatic carbocycles. The standard InChI is InChI=1S/C14H23NO3S/c1-2-12-19(16,17)13-10-15-9-6-11-18-14-7-4-3-5-8-14/h3-5,7-8,15H,2,6,9-13H2,1H3. The maximum Gasteiger partial charge on any atom is 0.151 e. The highest BCUT2D eigenvalue weighted by Crippen LogP contribution is 2.07. The fourth-order valence-corrected chi connectivity index (χ4v) is 2.95. The van der Waals surface area contributed by atoms with Crippen LogP contribution >= 0.6 is 0 Å². The smallest absolute Gasteiger partial charge is 0.151 e. The molecule has 1 aromatic rings. The maximum atomic E-state index is 11.4. The Morgan fingerprint density at radius 2 is 1.84 bits per heavy atom. The summed E-state index contributed by atoms with van der Waals surface area (Å²) in [6, 6.07) is 9.67. The average Bonchev–Trinajstić information content (AvgIpc) is 2.38. The first-order valence-electron chi connectivity index (χ1n) is 6.73. The number of benzene rings is 1. The average molecular weight is 285 g/mol. The van der Waals surface area contributed by atoms with Crippen LogP contribution in [0.4, 0.5) is 0 Å². The van der Waals surface area contributed by atoms with E-state index in [2.05, 4.69) is 5.32 Å². The van der Waals surface area contributed by atoms with E-state index in [4.69, 9.17) is 4.74 Å². The number of para-hydroxylation sites is 1. The summed E-state index contributed by atoms with van der Waals surface area (Å²) in [6.07, 6.45) is 1.55. The topological polar surface area (TPSA) is 55.4 Å². The first-order chi connectivity index (χ1) is 9.14. The summed E-state index contributed by atoms with van der Waals surface area (Å²) in [5.74, 6) is 1.37. The molecule has 0 aliphatic rings. The van der Waals surface area contributed by atoms with Crippen LogP contribution in [0.3, 0.4) is 0 Å². The van der Waals surface area contributed by atoms with Gasteiger partial charge in [0, 0.05) is 12.3 Å². The van der Waals surface area contributed by atoms with Gasteiger partial charge in [-0.05, 0) is 31.5 Å². The van der Waals surface area contributed by atoms with Crippen molar-refractivity contribution >= 4 is 9.84 Å². The lowest BCUT2D eigenvalue weighted by atomic mass is 10.3. The van der Waals surface area contributed by atoms with Crippen LogP contribution in [0.25, 0.3) is 0 Å². The molecule has 0 unspecified atom stereocenters. The molecule has 1 rings (SSSR count). The zero-order chi connectivity index (χ0) is 14.0. The molecule has 4 nitrogen and oxygen atoms in total. The monoisotopic (exact) mass is 285 g/mol. The Bertz CT molecular complexity index is 431. The SMILES string of the molecule is CCCS(=O)(=O)CCNCCCOc1ccccc1. The maximum absolute atomic E-state index is 11.4. The zero-order valence-corrected chi connectivity index (χ0v) is 12.3. The molecule has 0 atom stereocenters. The van der Waals surface area contributed by atoms with Crippen molar-refractivity contribution in [2.45, 2.75) is 19.8 Å². The number of nitrogens with one attached hydrogen (secondary N) is 1. The largest absolute Gasteiger partial charge is 0.494 e. The molecule has 0 bridgehead atoms. The van der Waals surface area contributed by atoms with Crippen molar-refractivity contribution < 1.29 is 13.2 Å². The predicted molar refractivity (Wildman–Crippen MR) is 78.4 cm³/mol. The van der Waals surface area contributed by atoms with Crippen LogP contribution in [0.2, 0.25) is 0 Å². The molecule has 0 saturated heterocycles. The van der Waals surface area contributed by atoms with Gasteiger partial charge in [-0.1, -0.05) is 25.1 Å². The first kappa shape index (κ1) is 16.0. The van der Waals surface area contributed by atoms with E-state index in [1.807, 2.05) is 37.3 Å². The van der Waals surface area contributed by atoms with Crippen molar-refractivity contribution in [1.82, 2.24) is 5.32 Å². The fourth-order valence-electron chi connectivity index (χ4n) is 1.67. The molecule has 0 aliphatic heterocycles. The number of sulfone groups is 1. The minimum atomic E-state index is -2.86. The van der Waals surface area contributed by atoms with Crippen molar-refractivity contribution in [3.05, 3.63) is 30.3 Å². The highest BCUT2D eigenvalue weighted by molar-refractivity contribution is 7.91. The molecule has 0 radical (unpaired) electrons. The van der Waals surface area contributed by atoms with Crippen LogP contribution in [0, 0.1) is 0 Å². The third kappa shape index (κ3) is 7.85. The summed E-state index contributed by atoms with van der Waals surface area (Å²) >= 11 is 0. The van der Waals surface area contributed by atoms with Crippen molar-refractivity contribution in [2.75, 3.05) is 31.2 Å². The van der Waals surface area contributed by atoms with Gasteiger partial charge in [0.2, 0.25) is 0 Å². The summed E-state index contributed by atoms with van der Waals surface area (Å²) in [5, 5.41) is 3.13. The normalized spacial score (nSPS) is 11.4. The lowest BCUT2D eigenvalue weighted by molar-refractivity contribution is 0.309. The Morgan fingerprint density at radius 1 is 1.11 bits per heavy atom. The molecule has 0 saturated carbocycles. The molecule has 0 spiro atoms. The molecule has 0 heterocycles. The van der Waals surface area contributed by atoms with E-state index in [1.165, 1.54) is 0 Å². The van der Waals surface area contributed by atoms with E-state index in [9.17, 15) is 8.42 Å². The Kier molecular flexibility index (Phi) is 7.52. The molecule has 19 heavy (non-hydrogen) atoms. The summed E-state index contributed by atoms with van der Waals surface area (Å²) < 4.78 is 28.4. The molecular formula is C14H23NO3S. The second-order valence-electron chi connectivity index (χ2n) is 4.42. The van der Waals surface area contributed by atoms with Crippen molar-refractivity contribution in [1.29, 1.82) is 0 Å². The van der Waals surface area contributed by atoms with E-state index in [-0.39, 0.29) is 11.5 Å². The number of hydrogen-bond donors (Lipinski definition) is 1. The Labute approximate surface area is 116 Å². The van der Waals surface area contributed by atoms with E-state index >= 15 is 0 Å². The van der Waals surface area contributed by atoms with Crippen LogP contribution in [-0.2, 0) is 9.84 Å². The molecular weight excluding hydrogens is 262 g/mol. The van der Waals surface area contributed by atoms with Crippen molar-refractivity contribution in [3.8, 4) is 5.75 Å². The molecule has 0 amide bonds. The summed E-state index contributed by atoms with van der Waals surface area (Å²) in [4.78, 5) is 0. The number of rotatable bonds is 10. The van der Waals surface area contributed by atoms with Gasteiger partial charge in [0.15, 0.2) is 9.84 Å². The van der Waals surface area contributed by atoms with Crippen LogP contribution in [-0.4, -0.2) is 39.6 Å². The van der Waals surface area contributed by atoms with Crippen LogP contribution in [0.15, 0.2) is 30.3 Å². The van der Waals surface area contributed by atoms with E-state index in [1.54, 1.807) is 0 Å². The van der Waals surface area contributed by atoms with Gasteiger partial charge in [0.05, 0.1) is 12.4 Å². The lowest BCUT2D eigenvalue weighted by Gasteiger charge is -2.07. The summed E-state index contributed by atoms with van der Waals surface area (Å²) in [6.45, 7) is 3.81. The zero-order valence-electron chi connectivity index (χ0n) is 11.5. The third-order valence-electron chi connectivity index (χ3n) is 2.61. The highest BCUT2D eigenvalue weighted by atomic mass is 32.2. The van der Waals surface area contributed by atoms with Crippen molar-refractivity contribution in [3.63, 3.8) is 0 Å². The van der Waals surface area contributed by atoms with Gasteiger partial charge in [-0.3, -0.25) is 0 Å². The van der Waals surface area contributed by atoms with Crippen LogP contribution < -0.4 is 10.1 Å². The molecule has 0 fully saturated rings. The number of ether oxygens (including phenoxy) is 1. The van der Waals surface area contributed by atoms with E-state index in [0.29, 0.717) is 19.6 Å². The van der Waals surface area contributed by atoms with Gasteiger partial charge in [-0.2, -0.15) is 0 Å². The van der Waals surface area contributed by atoms with Gasteiger partial charge in [-0.15, -0.1) is 0 Å². The van der Waals surface area contributed by atoms with Gasteiger partial charge in [0.25, 0.3) is 0 Å².